The SMILES string of the molecule is CC(=O)N1CCc2cc(S(=O)(=O)N3C(C)COCC3C)ccc21. The summed E-state index contributed by atoms with van der Waals surface area (Å²) >= 11 is 0. The van der Waals surface area contributed by atoms with E-state index in [9.17, 15) is 13.2 Å². The highest BCUT2D eigenvalue weighted by Gasteiger charge is 2.37. The van der Waals surface area contributed by atoms with Gasteiger partial charge in [0.05, 0.1) is 18.1 Å². The number of sulfonamides is 1. The van der Waals surface area contributed by atoms with Crippen LogP contribution in [0.3, 0.4) is 0 Å². The minimum Gasteiger partial charge on any atom is -0.378 e. The van der Waals surface area contributed by atoms with Crippen LogP contribution in [0, 0.1) is 0 Å². The van der Waals surface area contributed by atoms with Gasteiger partial charge in [0, 0.05) is 31.2 Å². The number of amides is 1. The van der Waals surface area contributed by atoms with Crippen molar-refractivity contribution in [1.82, 2.24) is 4.31 Å². The Kier molecular flexibility index (Phi) is 4.20. The minimum absolute atomic E-state index is 0.0187. The molecule has 0 spiro atoms. The number of hydrogen-bond donors (Lipinski definition) is 0. The van der Waals surface area contributed by atoms with E-state index in [0.29, 0.717) is 31.1 Å². The van der Waals surface area contributed by atoms with Crippen LogP contribution in [-0.2, 0) is 26.0 Å². The average molecular weight is 338 g/mol. The highest BCUT2D eigenvalue weighted by Crippen LogP contribution is 2.32. The second kappa shape index (κ2) is 5.89. The molecule has 3 rings (SSSR count). The number of carbonyl (C=O) groups excluding carboxylic acids is 1. The Balaban J connectivity index is 1.97. The fourth-order valence-corrected chi connectivity index (χ4v) is 5.30. The van der Waals surface area contributed by atoms with Crippen molar-refractivity contribution in [3.8, 4) is 0 Å². The normalized spacial score (nSPS) is 25.4. The van der Waals surface area contributed by atoms with Crippen LogP contribution in [0.4, 0.5) is 5.69 Å². The summed E-state index contributed by atoms with van der Waals surface area (Å²) in [6.45, 7) is 6.67. The van der Waals surface area contributed by atoms with Gasteiger partial charge in [-0.3, -0.25) is 4.79 Å². The summed E-state index contributed by atoms with van der Waals surface area (Å²) in [4.78, 5) is 13.6. The lowest BCUT2D eigenvalue weighted by atomic mass is 10.2. The molecule has 0 aromatic heterocycles. The summed E-state index contributed by atoms with van der Waals surface area (Å²) < 4.78 is 33.0. The number of carbonyl (C=O) groups is 1. The van der Waals surface area contributed by atoms with Crippen LogP contribution < -0.4 is 4.90 Å². The lowest BCUT2D eigenvalue weighted by molar-refractivity contribution is -0.116. The van der Waals surface area contributed by atoms with Gasteiger partial charge < -0.3 is 9.64 Å². The summed E-state index contributed by atoms with van der Waals surface area (Å²) in [6, 6.07) is 4.68. The molecule has 2 heterocycles. The summed E-state index contributed by atoms with van der Waals surface area (Å²) in [5, 5.41) is 0. The summed E-state index contributed by atoms with van der Waals surface area (Å²) in [6.07, 6.45) is 0.687. The molecule has 2 aliphatic rings. The molecule has 0 aliphatic carbocycles. The van der Waals surface area contributed by atoms with Gasteiger partial charge in [0.15, 0.2) is 0 Å². The van der Waals surface area contributed by atoms with Gasteiger partial charge in [-0.25, -0.2) is 8.42 Å². The summed E-state index contributed by atoms with van der Waals surface area (Å²) in [5.74, 6) is -0.0187. The Labute approximate surface area is 137 Å². The second-order valence-corrected chi connectivity index (χ2v) is 8.12. The molecule has 0 N–H and O–H groups in total. The highest BCUT2D eigenvalue weighted by atomic mass is 32.2. The molecule has 23 heavy (non-hydrogen) atoms. The van der Waals surface area contributed by atoms with Crippen molar-refractivity contribution in [2.24, 2.45) is 0 Å². The molecule has 126 valence electrons. The third kappa shape index (κ3) is 2.77. The maximum atomic E-state index is 13.0. The quantitative estimate of drug-likeness (QED) is 0.817. The molecule has 1 amide bonds. The Morgan fingerprint density at radius 2 is 1.87 bits per heavy atom. The Hall–Kier alpha value is -1.44. The number of anilines is 1. The predicted octanol–water partition coefficient (Wildman–Crippen LogP) is 1.39. The number of rotatable bonds is 2. The van der Waals surface area contributed by atoms with Crippen molar-refractivity contribution in [3.63, 3.8) is 0 Å². The van der Waals surface area contributed by atoms with E-state index in [-0.39, 0.29) is 18.0 Å². The lowest BCUT2D eigenvalue weighted by Gasteiger charge is -2.37. The van der Waals surface area contributed by atoms with Crippen molar-refractivity contribution >= 4 is 21.6 Å². The Morgan fingerprint density at radius 1 is 1.22 bits per heavy atom. The van der Waals surface area contributed by atoms with E-state index < -0.39 is 10.0 Å². The van der Waals surface area contributed by atoms with Crippen LogP contribution in [0.5, 0.6) is 0 Å². The van der Waals surface area contributed by atoms with Gasteiger partial charge in [-0.05, 0) is 44.0 Å². The van der Waals surface area contributed by atoms with Crippen LogP contribution in [0.25, 0.3) is 0 Å². The van der Waals surface area contributed by atoms with Gasteiger partial charge in [0.25, 0.3) is 0 Å². The van der Waals surface area contributed by atoms with E-state index >= 15 is 0 Å². The van der Waals surface area contributed by atoms with Gasteiger partial charge in [0.2, 0.25) is 15.9 Å². The Bertz CT molecular complexity index is 722. The molecule has 2 unspecified atom stereocenters. The van der Waals surface area contributed by atoms with Crippen molar-refractivity contribution in [2.75, 3.05) is 24.7 Å². The zero-order chi connectivity index (χ0) is 16.8. The molecule has 2 atom stereocenters. The number of morpholine rings is 1. The smallest absolute Gasteiger partial charge is 0.243 e. The molecule has 1 aromatic carbocycles. The van der Waals surface area contributed by atoms with Gasteiger partial charge in [-0.1, -0.05) is 0 Å². The van der Waals surface area contributed by atoms with Crippen molar-refractivity contribution < 1.29 is 17.9 Å². The first kappa shape index (κ1) is 16.4. The second-order valence-electron chi connectivity index (χ2n) is 6.28. The number of hydrogen-bond acceptors (Lipinski definition) is 4. The van der Waals surface area contributed by atoms with E-state index in [1.807, 2.05) is 13.8 Å². The van der Waals surface area contributed by atoms with Crippen LogP contribution in [0.15, 0.2) is 23.1 Å². The van der Waals surface area contributed by atoms with Crippen molar-refractivity contribution in [3.05, 3.63) is 23.8 Å². The molecule has 0 radical (unpaired) electrons. The maximum absolute atomic E-state index is 13.0. The van der Waals surface area contributed by atoms with Gasteiger partial charge in [0.1, 0.15) is 0 Å². The topological polar surface area (TPSA) is 66.9 Å². The van der Waals surface area contributed by atoms with Crippen LogP contribution >= 0.6 is 0 Å². The zero-order valence-electron chi connectivity index (χ0n) is 13.7. The Morgan fingerprint density at radius 3 is 2.48 bits per heavy atom. The van der Waals surface area contributed by atoms with Gasteiger partial charge in [-0.2, -0.15) is 4.31 Å². The maximum Gasteiger partial charge on any atom is 0.243 e. The van der Waals surface area contributed by atoms with E-state index in [4.69, 9.17) is 4.74 Å². The minimum atomic E-state index is -3.57. The van der Waals surface area contributed by atoms with E-state index in [2.05, 4.69) is 0 Å². The van der Waals surface area contributed by atoms with Gasteiger partial charge >= 0.3 is 0 Å². The highest BCUT2D eigenvalue weighted by molar-refractivity contribution is 7.89. The lowest BCUT2D eigenvalue weighted by Crippen LogP contribution is -2.52. The average Bonchev–Trinajstić information content (AvgIpc) is 2.89. The fraction of sp³-hybridized carbons (Fsp3) is 0.562. The third-order valence-corrected chi connectivity index (χ3v) is 6.61. The standard InChI is InChI=1S/C16H22N2O4S/c1-11-9-22-10-12(2)18(11)23(20,21)15-4-5-16-14(8-15)6-7-17(16)13(3)19/h4-5,8,11-12H,6-7,9-10H2,1-3H3. The number of nitrogens with zero attached hydrogens (tertiary/aromatic N) is 2. The number of benzene rings is 1. The molecular formula is C16H22N2O4S. The van der Waals surface area contributed by atoms with E-state index in [1.54, 1.807) is 23.1 Å². The van der Waals surface area contributed by atoms with E-state index in [1.165, 1.54) is 11.2 Å². The molecule has 1 aromatic rings. The molecule has 0 bridgehead atoms. The molecule has 6 nitrogen and oxygen atoms in total. The van der Waals surface area contributed by atoms with Crippen LogP contribution in [0.1, 0.15) is 26.3 Å². The third-order valence-electron chi connectivity index (χ3n) is 4.49. The summed E-state index contributed by atoms with van der Waals surface area (Å²) in [7, 11) is -3.57. The van der Waals surface area contributed by atoms with Crippen LogP contribution in [0.2, 0.25) is 0 Å². The van der Waals surface area contributed by atoms with Gasteiger partial charge in [-0.15, -0.1) is 0 Å². The molecule has 1 saturated heterocycles. The molecule has 7 heteroatoms. The molecular weight excluding hydrogens is 316 g/mol. The first-order valence-electron chi connectivity index (χ1n) is 7.84. The van der Waals surface area contributed by atoms with E-state index in [0.717, 1.165) is 11.3 Å². The van der Waals surface area contributed by atoms with Crippen molar-refractivity contribution in [1.29, 1.82) is 0 Å². The molecule has 0 saturated carbocycles. The number of fused-ring (bicyclic) bond motifs is 1. The van der Waals surface area contributed by atoms with Crippen molar-refractivity contribution in [2.45, 2.75) is 44.2 Å². The first-order valence-corrected chi connectivity index (χ1v) is 9.28. The van der Waals surface area contributed by atoms with Crippen LogP contribution in [-0.4, -0.2) is 50.5 Å². The molecule has 2 aliphatic heterocycles. The predicted molar refractivity (Wildman–Crippen MR) is 86.9 cm³/mol. The number of ether oxygens (including phenoxy) is 1. The largest absolute Gasteiger partial charge is 0.378 e. The summed E-state index contributed by atoms with van der Waals surface area (Å²) in [5.41, 5.74) is 1.73. The monoisotopic (exact) mass is 338 g/mol. The molecule has 1 fully saturated rings. The fourth-order valence-electron chi connectivity index (χ4n) is 3.45. The zero-order valence-corrected chi connectivity index (χ0v) is 14.5. The first-order chi connectivity index (χ1) is 10.8.